The lowest BCUT2D eigenvalue weighted by atomic mass is 10.1. The monoisotopic (exact) mass is 444 g/mol. The molecule has 0 aliphatic rings. The van der Waals surface area contributed by atoms with Gasteiger partial charge < -0.3 is 10.1 Å². The molecule has 32 heavy (non-hydrogen) atoms. The molecule has 0 bridgehead atoms. The van der Waals surface area contributed by atoms with Crippen LogP contribution in [0, 0.1) is 0 Å². The van der Waals surface area contributed by atoms with Crippen LogP contribution in [0.5, 0.6) is 5.75 Å². The summed E-state index contributed by atoms with van der Waals surface area (Å²) in [5, 5.41) is 7.70. The van der Waals surface area contributed by atoms with E-state index in [0.717, 1.165) is 0 Å². The molecule has 2 heterocycles. The van der Waals surface area contributed by atoms with Gasteiger partial charge >= 0.3 is 0 Å². The molecule has 0 saturated carbocycles. The third kappa shape index (κ3) is 3.48. The number of hydrogen-bond acceptors (Lipinski definition) is 4. The van der Waals surface area contributed by atoms with E-state index >= 15 is 0 Å². The molecule has 3 aromatic carbocycles. The van der Waals surface area contributed by atoms with Crippen LogP contribution in [0.2, 0.25) is 5.02 Å². The zero-order chi connectivity index (χ0) is 22.2. The topological polar surface area (TPSA) is 89.0 Å². The van der Waals surface area contributed by atoms with Gasteiger partial charge in [-0.05, 0) is 66.7 Å². The lowest BCUT2D eigenvalue weighted by Gasteiger charge is -2.07. The standard InChI is InChI=1S/C24H17ClN4O3/c1-32-18-9-5-16(6-10-18)27-23(30)14-2-11-21-19(12-14)22-20(13-26-21)24(31)29(28-22)17-7-3-15(25)4-8-17/h2-13,28H,1H3,(H,27,30). The van der Waals surface area contributed by atoms with Crippen LogP contribution >= 0.6 is 11.6 Å². The molecule has 0 saturated heterocycles. The minimum Gasteiger partial charge on any atom is -0.497 e. The van der Waals surface area contributed by atoms with Gasteiger partial charge in [0.2, 0.25) is 0 Å². The molecular weight excluding hydrogens is 428 g/mol. The predicted octanol–water partition coefficient (Wildman–Crippen LogP) is 4.78. The van der Waals surface area contributed by atoms with Crippen molar-refractivity contribution >= 4 is 45.0 Å². The Hall–Kier alpha value is -4.10. The highest BCUT2D eigenvalue weighted by atomic mass is 35.5. The second kappa shape index (κ2) is 7.86. The molecule has 2 N–H and O–H groups in total. The zero-order valence-corrected chi connectivity index (χ0v) is 17.7. The quantitative estimate of drug-likeness (QED) is 0.417. The summed E-state index contributed by atoms with van der Waals surface area (Å²) in [4.78, 5) is 30.2. The van der Waals surface area contributed by atoms with E-state index in [1.54, 1.807) is 80.0 Å². The number of pyridine rings is 1. The minimum atomic E-state index is -0.270. The highest BCUT2D eigenvalue weighted by Crippen LogP contribution is 2.23. The lowest BCUT2D eigenvalue weighted by molar-refractivity contribution is 0.102. The normalized spacial score (nSPS) is 11.1. The van der Waals surface area contributed by atoms with Crippen LogP contribution in [-0.4, -0.2) is 27.8 Å². The van der Waals surface area contributed by atoms with Gasteiger partial charge in [-0.15, -0.1) is 0 Å². The molecule has 0 aliphatic heterocycles. The number of rotatable bonds is 4. The summed E-state index contributed by atoms with van der Waals surface area (Å²) in [6, 6.07) is 19.2. The predicted molar refractivity (Wildman–Crippen MR) is 125 cm³/mol. The summed E-state index contributed by atoms with van der Waals surface area (Å²) in [6.45, 7) is 0. The molecule has 8 heteroatoms. The first-order valence-electron chi connectivity index (χ1n) is 9.78. The van der Waals surface area contributed by atoms with Crippen LogP contribution in [0.1, 0.15) is 10.4 Å². The fraction of sp³-hybridized carbons (Fsp3) is 0.0417. The number of nitrogens with one attached hydrogen (secondary N) is 2. The lowest BCUT2D eigenvalue weighted by Crippen LogP contribution is -2.13. The first-order chi connectivity index (χ1) is 15.5. The number of ether oxygens (including phenoxy) is 1. The van der Waals surface area contributed by atoms with Gasteiger partial charge in [0.1, 0.15) is 5.75 Å². The number of methoxy groups -OCH3 is 1. The van der Waals surface area contributed by atoms with Crippen LogP contribution < -0.4 is 15.6 Å². The maximum absolute atomic E-state index is 12.9. The average Bonchev–Trinajstić information content (AvgIpc) is 3.16. The Labute approximate surface area is 187 Å². The van der Waals surface area contributed by atoms with Crippen LogP contribution in [0.15, 0.2) is 77.7 Å². The number of nitrogens with zero attached hydrogens (tertiary/aromatic N) is 2. The summed E-state index contributed by atoms with van der Waals surface area (Å²) < 4.78 is 6.58. The number of hydrogen-bond donors (Lipinski definition) is 2. The van der Waals surface area contributed by atoms with E-state index in [0.29, 0.717) is 49.5 Å². The van der Waals surface area contributed by atoms with E-state index in [4.69, 9.17) is 16.3 Å². The van der Waals surface area contributed by atoms with Crippen LogP contribution in [0.4, 0.5) is 5.69 Å². The Morgan fingerprint density at radius 3 is 2.50 bits per heavy atom. The van der Waals surface area contributed by atoms with Gasteiger partial charge in [0.05, 0.1) is 29.2 Å². The average molecular weight is 445 g/mol. The third-order valence-electron chi connectivity index (χ3n) is 5.22. The van der Waals surface area contributed by atoms with Crippen molar-refractivity contribution in [3.05, 3.63) is 93.9 Å². The summed E-state index contributed by atoms with van der Waals surface area (Å²) in [5.74, 6) is 0.435. The van der Waals surface area contributed by atoms with Gasteiger partial charge in [-0.1, -0.05) is 11.6 Å². The van der Waals surface area contributed by atoms with Crippen molar-refractivity contribution in [1.29, 1.82) is 0 Å². The molecule has 0 radical (unpaired) electrons. The van der Waals surface area contributed by atoms with Crippen molar-refractivity contribution in [3.63, 3.8) is 0 Å². The number of aromatic amines is 1. The van der Waals surface area contributed by atoms with Crippen molar-refractivity contribution < 1.29 is 9.53 Å². The van der Waals surface area contributed by atoms with Gasteiger partial charge in [-0.3, -0.25) is 19.7 Å². The molecule has 5 aromatic rings. The highest BCUT2D eigenvalue weighted by molar-refractivity contribution is 6.30. The fourth-order valence-corrected chi connectivity index (χ4v) is 3.68. The van der Waals surface area contributed by atoms with E-state index in [-0.39, 0.29) is 11.5 Å². The molecule has 0 atom stereocenters. The maximum Gasteiger partial charge on any atom is 0.280 e. The Bertz CT molecular complexity index is 1520. The first-order valence-corrected chi connectivity index (χ1v) is 10.2. The second-order valence-electron chi connectivity index (χ2n) is 7.19. The number of benzene rings is 3. The number of carbonyl (C=O) groups excluding carboxylic acids is 1. The Morgan fingerprint density at radius 1 is 1.03 bits per heavy atom. The van der Waals surface area contributed by atoms with E-state index < -0.39 is 0 Å². The highest BCUT2D eigenvalue weighted by Gasteiger charge is 2.14. The molecular formula is C24H17ClN4O3. The Kier molecular flexibility index (Phi) is 4.88. The number of H-pyrrole nitrogens is 1. The summed E-state index contributed by atoms with van der Waals surface area (Å²) in [7, 11) is 1.59. The molecule has 0 spiro atoms. The molecule has 7 nitrogen and oxygen atoms in total. The fourth-order valence-electron chi connectivity index (χ4n) is 3.55. The SMILES string of the molecule is COc1ccc(NC(=O)c2ccc3ncc4c(=O)n(-c5ccc(Cl)cc5)[nH]c4c3c2)cc1. The number of carbonyl (C=O) groups is 1. The zero-order valence-electron chi connectivity index (χ0n) is 16.9. The number of fused-ring (bicyclic) bond motifs is 3. The second-order valence-corrected chi connectivity index (χ2v) is 7.63. The minimum absolute atomic E-state index is 0.232. The van der Waals surface area contributed by atoms with Gasteiger partial charge in [0.25, 0.3) is 11.5 Å². The molecule has 2 aromatic heterocycles. The van der Waals surface area contributed by atoms with Gasteiger partial charge in [0.15, 0.2) is 0 Å². The van der Waals surface area contributed by atoms with Crippen LogP contribution in [-0.2, 0) is 0 Å². The van der Waals surface area contributed by atoms with Crippen molar-refractivity contribution in [3.8, 4) is 11.4 Å². The van der Waals surface area contributed by atoms with Gasteiger partial charge in [0, 0.05) is 27.9 Å². The van der Waals surface area contributed by atoms with Crippen LogP contribution in [0.3, 0.4) is 0 Å². The van der Waals surface area contributed by atoms with E-state index in [1.165, 1.54) is 4.68 Å². The third-order valence-corrected chi connectivity index (χ3v) is 5.47. The number of aromatic nitrogens is 3. The van der Waals surface area contributed by atoms with Gasteiger partial charge in [-0.25, -0.2) is 4.68 Å². The number of anilines is 1. The molecule has 1 amide bonds. The van der Waals surface area contributed by atoms with Crippen LogP contribution in [0.25, 0.3) is 27.5 Å². The van der Waals surface area contributed by atoms with Gasteiger partial charge in [-0.2, -0.15) is 0 Å². The van der Waals surface area contributed by atoms with Crippen molar-refractivity contribution in [2.75, 3.05) is 12.4 Å². The molecule has 158 valence electrons. The largest absolute Gasteiger partial charge is 0.497 e. The van der Waals surface area contributed by atoms with Crippen molar-refractivity contribution in [2.24, 2.45) is 0 Å². The summed E-state index contributed by atoms with van der Waals surface area (Å²) in [6.07, 6.45) is 1.54. The van der Waals surface area contributed by atoms with E-state index in [9.17, 15) is 9.59 Å². The Balaban J connectivity index is 1.56. The van der Waals surface area contributed by atoms with E-state index in [1.807, 2.05) is 0 Å². The smallest absolute Gasteiger partial charge is 0.280 e. The summed E-state index contributed by atoms with van der Waals surface area (Å²) >= 11 is 5.96. The van der Waals surface area contributed by atoms with Crippen molar-refractivity contribution in [1.82, 2.24) is 14.8 Å². The number of halogens is 1. The molecule has 0 aliphatic carbocycles. The molecule has 0 unspecified atom stereocenters. The maximum atomic E-state index is 12.9. The number of amides is 1. The molecule has 0 fully saturated rings. The summed E-state index contributed by atoms with van der Waals surface area (Å²) in [5.41, 5.74) is 2.79. The first kappa shape index (κ1) is 19.8. The molecule has 5 rings (SSSR count). The van der Waals surface area contributed by atoms with Crippen molar-refractivity contribution in [2.45, 2.75) is 0 Å². The Morgan fingerprint density at radius 2 is 1.78 bits per heavy atom. The van der Waals surface area contributed by atoms with E-state index in [2.05, 4.69) is 15.4 Å².